The van der Waals surface area contributed by atoms with E-state index in [9.17, 15) is 4.79 Å². The number of rotatable bonds is 3. The van der Waals surface area contributed by atoms with Crippen molar-refractivity contribution in [1.82, 2.24) is 0 Å². The maximum atomic E-state index is 12.0. The van der Waals surface area contributed by atoms with Crippen molar-refractivity contribution in [3.05, 3.63) is 29.3 Å². The summed E-state index contributed by atoms with van der Waals surface area (Å²) in [6, 6.07) is 7.25. The Bertz CT molecular complexity index is 452. The second-order valence-corrected chi connectivity index (χ2v) is 4.80. The molecule has 4 nitrogen and oxygen atoms in total. The molecule has 0 aromatic heterocycles. The third-order valence-corrected chi connectivity index (χ3v) is 3.53. The van der Waals surface area contributed by atoms with E-state index in [0.717, 1.165) is 5.69 Å². The highest BCUT2D eigenvalue weighted by atomic mass is 35.5. The van der Waals surface area contributed by atoms with Crippen LogP contribution in [0.15, 0.2) is 24.3 Å². The summed E-state index contributed by atoms with van der Waals surface area (Å²) in [7, 11) is 1.38. The molecule has 98 valence electrons. The molecule has 0 saturated carbocycles. The number of halogens is 1. The summed E-state index contributed by atoms with van der Waals surface area (Å²) >= 11 is 5.94. The molecule has 0 amide bonds. The Morgan fingerprint density at radius 3 is 2.94 bits per heavy atom. The van der Waals surface area contributed by atoms with Crippen molar-refractivity contribution in [3.8, 4) is 0 Å². The van der Waals surface area contributed by atoms with E-state index in [4.69, 9.17) is 21.1 Å². The van der Waals surface area contributed by atoms with Gasteiger partial charge in [0.1, 0.15) is 0 Å². The Hall–Kier alpha value is -1.26. The first-order chi connectivity index (χ1) is 8.58. The molecule has 2 rings (SSSR count). The van der Waals surface area contributed by atoms with Crippen LogP contribution in [0.5, 0.6) is 0 Å². The van der Waals surface area contributed by atoms with Crippen LogP contribution in [0, 0.1) is 0 Å². The van der Waals surface area contributed by atoms with Crippen LogP contribution in [0.2, 0.25) is 5.02 Å². The fraction of sp³-hybridized carbons (Fsp3) is 0.462. The predicted molar refractivity (Wildman–Crippen MR) is 69.9 cm³/mol. The smallest absolute Gasteiger partial charge is 0.334 e. The number of carbonyl (C=O) groups is 1. The molecule has 1 aromatic carbocycles. The Balaban J connectivity index is 2.29. The van der Waals surface area contributed by atoms with E-state index in [2.05, 4.69) is 5.32 Å². The minimum atomic E-state index is -0.834. The molecule has 1 heterocycles. The van der Waals surface area contributed by atoms with Crippen LogP contribution in [-0.4, -0.2) is 31.3 Å². The molecule has 1 aliphatic rings. The number of hydrogen-bond acceptors (Lipinski definition) is 4. The summed E-state index contributed by atoms with van der Waals surface area (Å²) in [4.78, 5) is 12.0. The molecule has 1 saturated heterocycles. The molecule has 2 unspecified atom stereocenters. The Morgan fingerprint density at radius 1 is 1.61 bits per heavy atom. The molecule has 1 fully saturated rings. The SMILES string of the molecule is COC(=O)C1(Nc2cccc(Cl)c2)CCOC1C. The van der Waals surface area contributed by atoms with Gasteiger partial charge in [-0.3, -0.25) is 0 Å². The summed E-state index contributed by atoms with van der Waals surface area (Å²) in [5, 5.41) is 3.83. The highest BCUT2D eigenvalue weighted by Gasteiger charge is 2.49. The molecule has 1 aromatic rings. The van der Waals surface area contributed by atoms with Crippen LogP contribution in [-0.2, 0) is 14.3 Å². The fourth-order valence-corrected chi connectivity index (χ4v) is 2.42. The lowest BCUT2D eigenvalue weighted by Gasteiger charge is -2.31. The first-order valence-electron chi connectivity index (χ1n) is 5.82. The van der Waals surface area contributed by atoms with Gasteiger partial charge >= 0.3 is 5.97 Å². The van der Waals surface area contributed by atoms with Crippen LogP contribution < -0.4 is 5.32 Å². The van der Waals surface area contributed by atoms with Gasteiger partial charge in [-0.25, -0.2) is 4.79 Å². The lowest BCUT2D eigenvalue weighted by molar-refractivity contribution is -0.147. The zero-order chi connectivity index (χ0) is 13.2. The van der Waals surface area contributed by atoms with Gasteiger partial charge in [0.25, 0.3) is 0 Å². The van der Waals surface area contributed by atoms with E-state index in [0.29, 0.717) is 18.1 Å². The third kappa shape index (κ3) is 2.31. The Morgan fingerprint density at radius 2 is 2.39 bits per heavy atom. The van der Waals surface area contributed by atoms with Gasteiger partial charge in [-0.05, 0) is 25.1 Å². The zero-order valence-corrected chi connectivity index (χ0v) is 11.2. The normalized spacial score (nSPS) is 26.9. The first-order valence-corrected chi connectivity index (χ1v) is 6.20. The molecular formula is C13H16ClNO3. The van der Waals surface area contributed by atoms with Gasteiger partial charge in [-0.1, -0.05) is 17.7 Å². The molecule has 0 spiro atoms. The summed E-state index contributed by atoms with van der Waals surface area (Å²) in [5.41, 5.74) is -0.0513. The van der Waals surface area contributed by atoms with Gasteiger partial charge in [-0.2, -0.15) is 0 Å². The Kier molecular flexibility index (Phi) is 3.78. The molecule has 1 aliphatic heterocycles. The quantitative estimate of drug-likeness (QED) is 0.857. The molecule has 0 bridgehead atoms. The molecule has 2 atom stereocenters. The number of carbonyl (C=O) groups excluding carboxylic acids is 1. The average Bonchev–Trinajstić information content (AvgIpc) is 2.71. The maximum Gasteiger partial charge on any atom is 0.334 e. The van der Waals surface area contributed by atoms with Crippen LogP contribution in [0.4, 0.5) is 5.69 Å². The van der Waals surface area contributed by atoms with Crippen molar-refractivity contribution in [2.45, 2.75) is 25.0 Å². The monoisotopic (exact) mass is 269 g/mol. The van der Waals surface area contributed by atoms with Crippen molar-refractivity contribution in [2.75, 3.05) is 19.0 Å². The van der Waals surface area contributed by atoms with Crippen LogP contribution in [0.25, 0.3) is 0 Å². The summed E-state index contributed by atoms with van der Waals surface area (Å²) in [6.07, 6.45) is 0.330. The second-order valence-electron chi connectivity index (χ2n) is 4.36. The van der Waals surface area contributed by atoms with Crippen LogP contribution in [0.3, 0.4) is 0 Å². The molecule has 1 N–H and O–H groups in total. The number of ether oxygens (including phenoxy) is 2. The average molecular weight is 270 g/mol. The van der Waals surface area contributed by atoms with Crippen LogP contribution in [0.1, 0.15) is 13.3 Å². The summed E-state index contributed by atoms with van der Waals surface area (Å²) in [5.74, 6) is -0.313. The number of methoxy groups -OCH3 is 1. The minimum Gasteiger partial charge on any atom is -0.467 e. The first kappa shape index (κ1) is 13.2. The molecule has 0 aliphatic carbocycles. The van der Waals surface area contributed by atoms with Crippen molar-refractivity contribution in [1.29, 1.82) is 0 Å². The fourth-order valence-electron chi connectivity index (χ4n) is 2.23. The highest BCUT2D eigenvalue weighted by molar-refractivity contribution is 6.30. The van der Waals surface area contributed by atoms with Gasteiger partial charge in [0, 0.05) is 23.7 Å². The highest BCUT2D eigenvalue weighted by Crippen LogP contribution is 2.32. The lowest BCUT2D eigenvalue weighted by Crippen LogP contribution is -2.52. The van der Waals surface area contributed by atoms with Crippen LogP contribution >= 0.6 is 11.6 Å². The molecule has 18 heavy (non-hydrogen) atoms. The molecular weight excluding hydrogens is 254 g/mol. The van der Waals surface area contributed by atoms with Gasteiger partial charge in [-0.15, -0.1) is 0 Å². The van der Waals surface area contributed by atoms with Crippen molar-refractivity contribution in [3.63, 3.8) is 0 Å². The summed E-state index contributed by atoms with van der Waals surface area (Å²) in [6.45, 7) is 2.39. The van der Waals surface area contributed by atoms with E-state index >= 15 is 0 Å². The number of anilines is 1. The summed E-state index contributed by atoms with van der Waals surface area (Å²) < 4.78 is 10.4. The van der Waals surface area contributed by atoms with Gasteiger partial charge in [0.15, 0.2) is 5.54 Å². The largest absolute Gasteiger partial charge is 0.467 e. The third-order valence-electron chi connectivity index (χ3n) is 3.30. The van der Waals surface area contributed by atoms with Crippen molar-refractivity contribution < 1.29 is 14.3 Å². The molecule has 0 radical (unpaired) electrons. The minimum absolute atomic E-state index is 0.246. The predicted octanol–water partition coefficient (Wildman–Crippen LogP) is 2.47. The van der Waals surface area contributed by atoms with Gasteiger partial charge < -0.3 is 14.8 Å². The standard InChI is InChI=1S/C13H16ClNO3/c1-9-13(6-7-18-9,12(16)17-2)15-11-5-3-4-10(14)8-11/h3-5,8-9,15H,6-7H2,1-2H3. The lowest BCUT2D eigenvalue weighted by atomic mass is 9.91. The van der Waals surface area contributed by atoms with E-state index in [1.54, 1.807) is 12.1 Å². The molecule has 5 heteroatoms. The topological polar surface area (TPSA) is 47.6 Å². The number of benzene rings is 1. The van der Waals surface area contributed by atoms with Crippen molar-refractivity contribution in [2.24, 2.45) is 0 Å². The van der Waals surface area contributed by atoms with E-state index < -0.39 is 5.54 Å². The van der Waals surface area contributed by atoms with E-state index in [-0.39, 0.29) is 12.1 Å². The number of esters is 1. The van der Waals surface area contributed by atoms with Gasteiger partial charge in [0.05, 0.1) is 13.2 Å². The second kappa shape index (κ2) is 5.16. The Labute approximate surface area is 111 Å². The maximum absolute atomic E-state index is 12.0. The number of nitrogens with one attached hydrogen (secondary N) is 1. The van der Waals surface area contributed by atoms with Crippen molar-refractivity contribution >= 4 is 23.3 Å². The van der Waals surface area contributed by atoms with Gasteiger partial charge in [0.2, 0.25) is 0 Å². The zero-order valence-electron chi connectivity index (χ0n) is 10.4. The number of hydrogen-bond donors (Lipinski definition) is 1. The van der Waals surface area contributed by atoms with E-state index in [1.807, 2.05) is 19.1 Å². The van der Waals surface area contributed by atoms with E-state index in [1.165, 1.54) is 7.11 Å².